The number of benzene rings is 1. The molecule has 2 amide bonds. The molecule has 0 spiro atoms. The molecule has 0 aromatic heterocycles. The second kappa shape index (κ2) is 3.80. The lowest BCUT2D eigenvalue weighted by Gasteiger charge is -2.13. The normalized spacial score (nSPS) is 11.2. The summed E-state index contributed by atoms with van der Waals surface area (Å²) >= 11 is 0. The minimum atomic E-state index is -4.43. The maximum atomic E-state index is 12.4. The number of rotatable bonds is 1. The van der Waals surface area contributed by atoms with Gasteiger partial charge in [-0.05, 0) is 24.6 Å². The van der Waals surface area contributed by atoms with Crippen molar-refractivity contribution < 1.29 is 18.0 Å². The lowest BCUT2D eigenvalue weighted by molar-refractivity contribution is -0.138. The van der Waals surface area contributed by atoms with Crippen molar-refractivity contribution in [1.82, 2.24) is 0 Å². The smallest absolute Gasteiger partial charge is 0.351 e. The summed E-state index contributed by atoms with van der Waals surface area (Å²) < 4.78 is 37.3. The summed E-state index contributed by atoms with van der Waals surface area (Å²) in [5, 5.41) is 2.12. The zero-order valence-corrected chi connectivity index (χ0v) is 7.85. The van der Waals surface area contributed by atoms with Crippen LogP contribution < -0.4 is 11.1 Å². The molecule has 15 heavy (non-hydrogen) atoms. The number of amides is 2. The van der Waals surface area contributed by atoms with Crippen molar-refractivity contribution in [1.29, 1.82) is 0 Å². The van der Waals surface area contributed by atoms with E-state index < -0.39 is 17.8 Å². The molecule has 0 heterocycles. The van der Waals surface area contributed by atoms with Crippen LogP contribution in [0.25, 0.3) is 0 Å². The van der Waals surface area contributed by atoms with Crippen LogP contribution in [0.4, 0.5) is 23.7 Å². The number of halogens is 3. The van der Waals surface area contributed by atoms with Gasteiger partial charge in [0.05, 0.1) is 5.56 Å². The minimum absolute atomic E-state index is 0.0520. The second-order valence-electron chi connectivity index (χ2n) is 2.97. The van der Waals surface area contributed by atoms with Crippen molar-refractivity contribution in [3.05, 3.63) is 29.3 Å². The summed E-state index contributed by atoms with van der Waals surface area (Å²) in [6, 6.07) is 2.62. The van der Waals surface area contributed by atoms with E-state index in [9.17, 15) is 18.0 Å². The fraction of sp³-hybridized carbons (Fsp3) is 0.222. The van der Waals surface area contributed by atoms with Gasteiger partial charge in [-0.1, -0.05) is 6.07 Å². The lowest BCUT2D eigenvalue weighted by atomic mass is 10.1. The van der Waals surface area contributed by atoms with Crippen molar-refractivity contribution in [2.24, 2.45) is 5.73 Å². The number of alkyl halides is 3. The number of nitrogens with two attached hydrogens (primary N) is 1. The van der Waals surface area contributed by atoms with Crippen LogP contribution >= 0.6 is 0 Å². The molecule has 0 unspecified atom stereocenters. The van der Waals surface area contributed by atoms with Gasteiger partial charge >= 0.3 is 12.2 Å². The molecular formula is C9H9F3N2O. The first kappa shape index (κ1) is 11.4. The first-order chi connectivity index (χ1) is 6.82. The summed E-state index contributed by atoms with van der Waals surface area (Å²) in [5.74, 6) is 0. The van der Waals surface area contributed by atoms with Crippen LogP contribution in [0.3, 0.4) is 0 Å². The quantitative estimate of drug-likeness (QED) is 0.747. The Morgan fingerprint density at radius 1 is 1.40 bits per heavy atom. The molecule has 0 saturated carbocycles. The van der Waals surface area contributed by atoms with E-state index in [1.54, 1.807) is 0 Å². The molecule has 0 saturated heterocycles. The average Bonchev–Trinajstić information content (AvgIpc) is 2.05. The number of nitrogens with one attached hydrogen (secondary N) is 1. The van der Waals surface area contributed by atoms with Gasteiger partial charge in [0.2, 0.25) is 0 Å². The fourth-order valence-corrected chi connectivity index (χ4v) is 1.21. The molecule has 1 aromatic carbocycles. The number of primary amides is 1. The van der Waals surface area contributed by atoms with Crippen LogP contribution in [-0.2, 0) is 6.18 Å². The topological polar surface area (TPSA) is 55.1 Å². The van der Waals surface area contributed by atoms with E-state index in [-0.39, 0.29) is 11.3 Å². The van der Waals surface area contributed by atoms with Gasteiger partial charge in [0.25, 0.3) is 0 Å². The number of carbonyl (C=O) groups excluding carboxylic acids is 1. The van der Waals surface area contributed by atoms with Crippen LogP contribution in [0, 0.1) is 6.92 Å². The van der Waals surface area contributed by atoms with Gasteiger partial charge in [0.1, 0.15) is 0 Å². The Morgan fingerprint density at radius 2 is 2.00 bits per heavy atom. The molecule has 3 nitrogen and oxygen atoms in total. The van der Waals surface area contributed by atoms with E-state index >= 15 is 0 Å². The molecule has 0 atom stereocenters. The Hall–Kier alpha value is -1.72. The van der Waals surface area contributed by atoms with E-state index in [0.717, 1.165) is 6.07 Å². The highest BCUT2D eigenvalue weighted by Crippen LogP contribution is 2.34. The molecule has 0 aliphatic heterocycles. The molecule has 1 aromatic rings. The molecule has 0 aliphatic rings. The Labute approximate surface area is 84.1 Å². The predicted molar refractivity (Wildman–Crippen MR) is 49.4 cm³/mol. The highest BCUT2D eigenvalue weighted by Gasteiger charge is 2.32. The highest BCUT2D eigenvalue weighted by molar-refractivity contribution is 5.88. The molecule has 82 valence electrons. The van der Waals surface area contributed by atoms with E-state index in [1.165, 1.54) is 19.1 Å². The fourth-order valence-electron chi connectivity index (χ4n) is 1.21. The van der Waals surface area contributed by atoms with Crippen LogP contribution in [0.1, 0.15) is 11.1 Å². The molecule has 0 bridgehead atoms. The number of carbonyl (C=O) groups is 1. The van der Waals surface area contributed by atoms with E-state index in [2.05, 4.69) is 5.32 Å². The Bertz CT molecular complexity index is 387. The Balaban J connectivity index is 3.17. The third-order valence-corrected chi connectivity index (χ3v) is 1.90. The molecule has 0 fully saturated rings. The molecular weight excluding hydrogens is 209 g/mol. The second-order valence-corrected chi connectivity index (χ2v) is 2.97. The third kappa shape index (κ3) is 2.61. The zero-order chi connectivity index (χ0) is 11.6. The monoisotopic (exact) mass is 218 g/mol. The van der Waals surface area contributed by atoms with E-state index in [4.69, 9.17) is 5.73 Å². The zero-order valence-electron chi connectivity index (χ0n) is 7.85. The van der Waals surface area contributed by atoms with Crippen molar-refractivity contribution in [2.45, 2.75) is 13.1 Å². The summed E-state index contributed by atoms with van der Waals surface area (Å²) in [4.78, 5) is 10.5. The number of anilines is 1. The summed E-state index contributed by atoms with van der Waals surface area (Å²) in [6.07, 6.45) is -4.43. The van der Waals surface area contributed by atoms with Crippen LogP contribution in [0.15, 0.2) is 18.2 Å². The lowest BCUT2D eigenvalue weighted by Crippen LogP contribution is -2.20. The van der Waals surface area contributed by atoms with Gasteiger partial charge in [0.15, 0.2) is 0 Å². The summed E-state index contributed by atoms with van der Waals surface area (Å²) in [5.41, 5.74) is 4.05. The van der Waals surface area contributed by atoms with Gasteiger partial charge in [-0.2, -0.15) is 13.2 Å². The number of hydrogen-bond donors (Lipinski definition) is 2. The van der Waals surface area contributed by atoms with Crippen LogP contribution in [0.5, 0.6) is 0 Å². The van der Waals surface area contributed by atoms with Gasteiger partial charge in [-0.25, -0.2) is 4.79 Å². The van der Waals surface area contributed by atoms with Crippen molar-refractivity contribution in [3.8, 4) is 0 Å². The molecule has 1 rings (SSSR count). The predicted octanol–water partition coefficient (Wildman–Crippen LogP) is 2.50. The molecule has 6 heteroatoms. The first-order valence-electron chi connectivity index (χ1n) is 4.05. The minimum Gasteiger partial charge on any atom is -0.351 e. The van der Waals surface area contributed by atoms with Crippen LogP contribution in [0.2, 0.25) is 0 Å². The highest BCUT2D eigenvalue weighted by atomic mass is 19.4. The SMILES string of the molecule is Cc1c(NC(N)=O)cccc1C(F)(F)F. The maximum Gasteiger partial charge on any atom is 0.416 e. The molecule has 0 aliphatic carbocycles. The Kier molecular flexibility index (Phi) is 2.88. The first-order valence-corrected chi connectivity index (χ1v) is 4.05. The Morgan fingerprint density at radius 3 is 2.47 bits per heavy atom. The van der Waals surface area contributed by atoms with Gasteiger partial charge in [0, 0.05) is 5.69 Å². The number of urea groups is 1. The summed E-state index contributed by atoms with van der Waals surface area (Å²) in [6.45, 7) is 1.27. The van der Waals surface area contributed by atoms with Crippen molar-refractivity contribution in [2.75, 3.05) is 5.32 Å². The van der Waals surface area contributed by atoms with E-state index in [0.29, 0.717) is 0 Å². The van der Waals surface area contributed by atoms with Crippen LogP contribution in [-0.4, -0.2) is 6.03 Å². The van der Waals surface area contributed by atoms with Crippen molar-refractivity contribution in [3.63, 3.8) is 0 Å². The van der Waals surface area contributed by atoms with Gasteiger partial charge in [-0.3, -0.25) is 0 Å². The van der Waals surface area contributed by atoms with E-state index in [1.807, 2.05) is 0 Å². The van der Waals surface area contributed by atoms with Gasteiger partial charge < -0.3 is 11.1 Å². The summed E-state index contributed by atoms with van der Waals surface area (Å²) in [7, 11) is 0. The van der Waals surface area contributed by atoms with Crippen molar-refractivity contribution >= 4 is 11.7 Å². The van der Waals surface area contributed by atoms with Gasteiger partial charge in [-0.15, -0.1) is 0 Å². The standard InChI is InChI=1S/C9H9F3N2O/c1-5-6(9(10,11)12)3-2-4-7(5)14-8(13)15/h2-4H,1H3,(H3,13,14,15). The third-order valence-electron chi connectivity index (χ3n) is 1.90. The average molecular weight is 218 g/mol. The largest absolute Gasteiger partial charge is 0.416 e. The number of hydrogen-bond acceptors (Lipinski definition) is 1. The molecule has 0 radical (unpaired) electrons. The molecule has 3 N–H and O–H groups in total. The maximum absolute atomic E-state index is 12.4.